The van der Waals surface area contributed by atoms with Crippen LogP contribution in [0, 0.1) is 5.92 Å². The van der Waals surface area contributed by atoms with E-state index in [2.05, 4.69) is 94.0 Å². The predicted octanol–water partition coefficient (Wildman–Crippen LogP) is -2.60. The van der Waals surface area contributed by atoms with Crippen molar-refractivity contribution in [3.05, 3.63) is 132 Å². The molecular formula is C77H99N17O19S2. The van der Waals surface area contributed by atoms with Crippen LogP contribution in [0.2, 0.25) is 0 Å². The number of thiol groups is 2. The van der Waals surface area contributed by atoms with Gasteiger partial charge in [0.05, 0.1) is 19.1 Å². The van der Waals surface area contributed by atoms with Gasteiger partial charge in [0, 0.05) is 74.1 Å². The smallest absolute Gasteiger partial charge is 0.303 e. The first-order chi connectivity index (χ1) is 54.5. The summed E-state index contributed by atoms with van der Waals surface area (Å²) >= 11 is 8.52. The van der Waals surface area contributed by atoms with Crippen LogP contribution < -0.4 is 86.7 Å². The Morgan fingerprint density at radius 3 is 1.33 bits per heavy atom. The lowest BCUT2D eigenvalue weighted by molar-refractivity contribution is -0.139. The molecular weight excluding hydrogens is 1530 g/mol. The third kappa shape index (κ3) is 29.4. The molecule has 618 valence electrons. The van der Waals surface area contributed by atoms with Crippen LogP contribution in [-0.2, 0) is 101 Å². The molecule has 16 amide bonds. The van der Waals surface area contributed by atoms with Crippen molar-refractivity contribution in [2.45, 2.75) is 177 Å². The first-order valence-corrected chi connectivity index (χ1v) is 38.1. The Bertz CT molecular complexity index is 4560. The Morgan fingerprint density at radius 1 is 0.391 bits per heavy atom. The molecule has 0 saturated carbocycles. The number of aliphatic hydroxyl groups is 1. The molecule has 6 rings (SSSR count). The molecule has 6 aromatic rings. The molecule has 0 bridgehead atoms. The largest absolute Gasteiger partial charge is 0.481 e. The number of carboxylic acids is 1. The number of aromatic nitrogens is 1. The molecule has 38 heteroatoms. The first kappa shape index (κ1) is 91.7. The van der Waals surface area contributed by atoms with E-state index in [-0.39, 0.29) is 43.8 Å². The topological polar surface area (TPSA) is 595 Å². The zero-order chi connectivity index (χ0) is 84.8. The van der Waals surface area contributed by atoms with Crippen molar-refractivity contribution in [2.24, 2.45) is 28.9 Å². The minimum atomic E-state index is -1.91. The van der Waals surface area contributed by atoms with Gasteiger partial charge in [-0.2, -0.15) is 25.3 Å². The fourth-order valence-electron chi connectivity index (χ4n) is 12.3. The summed E-state index contributed by atoms with van der Waals surface area (Å²) < 4.78 is 0. The molecule has 0 aliphatic heterocycles. The predicted molar refractivity (Wildman–Crippen MR) is 427 cm³/mol. The summed E-state index contributed by atoms with van der Waals surface area (Å²) in [5.74, 6) is -18.5. The minimum absolute atomic E-state index is 0.120. The Balaban J connectivity index is 1.34. The zero-order valence-corrected chi connectivity index (χ0v) is 65.4. The molecule has 0 radical (unpaired) electrons. The Labute approximate surface area is 671 Å². The van der Waals surface area contributed by atoms with Gasteiger partial charge in [0.1, 0.15) is 66.5 Å². The van der Waals surface area contributed by atoms with Crippen LogP contribution in [0.25, 0.3) is 32.4 Å². The molecule has 0 aliphatic carbocycles. The number of aliphatic carboxylic acids is 1. The summed E-state index contributed by atoms with van der Waals surface area (Å²) in [6.45, 7) is 5.19. The van der Waals surface area contributed by atoms with E-state index >= 15 is 9.59 Å². The summed E-state index contributed by atoms with van der Waals surface area (Å²) in [6.07, 6.45) is -5.10. The van der Waals surface area contributed by atoms with Gasteiger partial charge in [-0.3, -0.25) is 81.5 Å². The molecule has 12 atom stereocenters. The van der Waals surface area contributed by atoms with E-state index in [9.17, 15) is 82.1 Å². The molecule has 36 nitrogen and oxygen atoms in total. The van der Waals surface area contributed by atoms with E-state index in [0.29, 0.717) is 33.0 Å². The van der Waals surface area contributed by atoms with E-state index in [1.54, 1.807) is 84.9 Å². The zero-order valence-electron chi connectivity index (χ0n) is 63.6. The lowest BCUT2D eigenvalue weighted by atomic mass is 9.96. The minimum Gasteiger partial charge on any atom is -0.481 e. The van der Waals surface area contributed by atoms with Gasteiger partial charge in [0.25, 0.3) is 0 Å². The van der Waals surface area contributed by atoms with Gasteiger partial charge in [-0.1, -0.05) is 117 Å². The number of rotatable bonds is 47. The van der Waals surface area contributed by atoms with Gasteiger partial charge in [-0.15, -0.1) is 0 Å². The standard InChI is InChI=1S/C77H99N17O19S2/c1-39(2)20-23-51(68(104)85-54(26-29-65(101)102)69(105)91-58(34-63(80)99)67(103)83-36-64(81)100)86-73(109)56(32-46-16-11-15-44-13-7-8-17-48(44)46)90-72(108)55(31-42-21-22-43-12-5-6-14-45(43)30-42)89-76(112)60(38-115)93-70(106)52(24-27-61(78)97)87-74(110)57(33-47-35-82-50-19-10-9-18-49(47)50)92-77(113)66(40(3)95)94-71(107)53(25-28-62(79)98)88-75(111)59(37-114)84-41(4)96/h5-19,21-22,30,35,39-40,51-60,66,82,95,114-115H,20,23-29,31-34,36-38H2,1-4H3,(H2,78,97)(H2,79,98)(H2,80,99)(H2,81,100)(H,83,103)(H,84,96)(H,85,104)(H,86,109)(H,87,110)(H,88,111)(H,89,112)(H,90,108)(H,91,105)(H,92,113)(H,93,106)(H,94,107)(H,101,102)/t40-,51+,52+,53+,54+,55+,56+,57+,58+,59+,60+,66+/m1/s1. The van der Waals surface area contributed by atoms with Crippen molar-refractivity contribution in [3.63, 3.8) is 0 Å². The van der Waals surface area contributed by atoms with Crippen LogP contribution in [0.1, 0.15) is 102 Å². The number of aliphatic hydroxyl groups excluding tert-OH is 1. The number of nitrogens with one attached hydrogen (secondary N) is 13. The van der Waals surface area contributed by atoms with Crippen LogP contribution in [0.4, 0.5) is 0 Å². The number of carbonyl (C=O) groups excluding carboxylic acids is 16. The summed E-state index contributed by atoms with van der Waals surface area (Å²) in [5.41, 5.74) is 23.5. The summed E-state index contributed by atoms with van der Waals surface area (Å²) in [7, 11) is 0. The molecule has 0 saturated heterocycles. The highest BCUT2D eigenvalue weighted by Gasteiger charge is 2.39. The van der Waals surface area contributed by atoms with Gasteiger partial charge >= 0.3 is 5.97 Å². The second-order valence-corrected chi connectivity index (χ2v) is 28.7. The molecule has 23 N–H and O–H groups in total. The number of primary amides is 4. The van der Waals surface area contributed by atoms with Crippen molar-refractivity contribution in [2.75, 3.05) is 18.1 Å². The van der Waals surface area contributed by atoms with Gasteiger partial charge in [0.15, 0.2) is 0 Å². The van der Waals surface area contributed by atoms with E-state index in [1.165, 1.54) is 6.20 Å². The van der Waals surface area contributed by atoms with E-state index < -0.39 is 230 Å². The van der Waals surface area contributed by atoms with Gasteiger partial charge in [-0.25, -0.2) is 0 Å². The van der Waals surface area contributed by atoms with E-state index in [0.717, 1.165) is 30.0 Å². The van der Waals surface area contributed by atoms with Gasteiger partial charge in [0.2, 0.25) is 94.5 Å². The van der Waals surface area contributed by atoms with Crippen LogP contribution >= 0.6 is 25.3 Å². The Hall–Kier alpha value is -12.2. The fraction of sp³-hybridized carbons (Fsp3) is 0.416. The van der Waals surface area contributed by atoms with E-state index in [4.69, 9.17) is 22.9 Å². The van der Waals surface area contributed by atoms with Crippen molar-refractivity contribution >= 4 is 158 Å². The number of H-pyrrole nitrogens is 1. The lowest BCUT2D eigenvalue weighted by Gasteiger charge is -2.29. The number of hydrogen-bond acceptors (Lipinski definition) is 20. The van der Waals surface area contributed by atoms with E-state index in [1.807, 2.05) is 38.1 Å². The Kier molecular flexibility index (Phi) is 35.8. The number of para-hydroxylation sites is 1. The van der Waals surface area contributed by atoms with Crippen molar-refractivity contribution < 1.29 is 91.7 Å². The third-order valence-electron chi connectivity index (χ3n) is 18.4. The number of hydrogen-bond donors (Lipinski definition) is 21. The summed E-state index contributed by atoms with van der Waals surface area (Å²) in [5, 5.41) is 54.1. The number of aromatic amines is 1. The van der Waals surface area contributed by atoms with Crippen molar-refractivity contribution in [1.29, 1.82) is 0 Å². The summed E-state index contributed by atoms with van der Waals surface area (Å²) in [6, 6.07) is 13.4. The van der Waals surface area contributed by atoms with Crippen molar-refractivity contribution in [1.82, 2.24) is 68.8 Å². The highest BCUT2D eigenvalue weighted by atomic mass is 32.1. The molecule has 0 fully saturated rings. The maximum absolute atomic E-state index is 15.5. The highest BCUT2D eigenvalue weighted by molar-refractivity contribution is 7.80. The fourth-order valence-corrected chi connectivity index (χ4v) is 12.8. The Morgan fingerprint density at radius 2 is 0.817 bits per heavy atom. The highest BCUT2D eigenvalue weighted by Crippen LogP contribution is 2.24. The number of carboxylic acid groups (broad SMARTS) is 1. The molecule has 1 aromatic heterocycles. The molecule has 1 heterocycles. The van der Waals surface area contributed by atoms with Crippen LogP contribution in [0.15, 0.2) is 115 Å². The van der Waals surface area contributed by atoms with Crippen molar-refractivity contribution in [3.8, 4) is 0 Å². The monoisotopic (exact) mass is 1630 g/mol. The number of carbonyl (C=O) groups is 17. The molecule has 5 aromatic carbocycles. The second-order valence-electron chi connectivity index (χ2n) is 28.0. The number of amides is 16. The quantitative estimate of drug-likeness (QED) is 0.0174. The maximum Gasteiger partial charge on any atom is 0.303 e. The van der Waals surface area contributed by atoms with Gasteiger partial charge in [-0.05, 0) is 89.2 Å². The third-order valence-corrected chi connectivity index (χ3v) is 19.1. The molecule has 0 unspecified atom stereocenters. The number of nitrogens with two attached hydrogens (primary N) is 4. The van der Waals surface area contributed by atoms with Gasteiger partial charge < -0.3 is 102 Å². The summed E-state index contributed by atoms with van der Waals surface area (Å²) in [4.78, 5) is 234. The number of benzene rings is 5. The average Bonchev–Trinajstić information content (AvgIpc) is 1.80. The second kappa shape index (κ2) is 44.9. The van der Waals surface area contributed by atoms with Crippen LogP contribution in [0.5, 0.6) is 0 Å². The molecule has 0 spiro atoms. The lowest BCUT2D eigenvalue weighted by Crippen LogP contribution is -2.62. The van der Waals surface area contributed by atoms with Crippen LogP contribution in [-0.4, -0.2) is 206 Å². The normalized spacial score (nSPS) is 14.3. The first-order valence-electron chi connectivity index (χ1n) is 36.9. The number of fused-ring (bicyclic) bond motifs is 3. The van der Waals surface area contributed by atoms with Crippen LogP contribution in [0.3, 0.4) is 0 Å². The average molecular weight is 1630 g/mol. The maximum atomic E-state index is 15.5. The molecule has 115 heavy (non-hydrogen) atoms. The SMILES string of the molecule is CC(=O)N[C@@H](CS)C(=O)N[C@@H](CCC(N)=O)C(=O)N[C@H](C(=O)N[C@@H](Cc1c[nH]c2ccccc12)C(=O)N[C@@H](CCC(N)=O)C(=O)N[C@@H](CS)C(=O)N[C@@H](Cc1ccc2ccccc2c1)C(=O)N[C@@H](Cc1cccc2ccccc12)C(=O)N[C@@H](CCC(C)C)C(=O)N[C@@H](CCC(=O)O)C(=O)N[C@@H](CC(N)=O)C(=O)NCC(N)=O)[C@@H](C)O. The molecule has 0 aliphatic rings.